The van der Waals surface area contributed by atoms with Crippen LogP contribution in [-0.2, 0) is 11.3 Å². The second-order valence-corrected chi connectivity index (χ2v) is 5.98. The van der Waals surface area contributed by atoms with E-state index in [1.165, 1.54) is 5.56 Å². The fourth-order valence-corrected chi connectivity index (χ4v) is 3.10. The summed E-state index contributed by atoms with van der Waals surface area (Å²) in [6, 6.07) is 4.14. The normalized spacial score (nSPS) is 17.2. The van der Waals surface area contributed by atoms with E-state index in [-0.39, 0.29) is 0 Å². The van der Waals surface area contributed by atoms with E-state index in [2.05, 4.69) is 50.3 Å². The first kappa shape index (κ1) is 13.1. The Morgan fingerprint density at radius 1 is 1.37 bits per heavy atom. The summed E-state index contributed by atoms with van der Waals surface area (Å²) in [7, 11) is 0. The van der Waals surface area contributed by atoms with Gasteiger partial charge < -0.3 is 15.0 Å². The van der Waals surface area contributed by atoms with Crippen LogP contribution in [0, 0.1) is 6.92 Å². The van der Waals surface area contributed by atoms with E-state index in [9.17, 15) is 0 Å². The van der Waals surface area contributed by atoms with Gasteiger partial charge in [0.15, 0.2) is 0 Å². The first-order chi connectivity index (χ1) is 9.22. The zero-order valence-corrected chi connectivity index (χ0v) is 12.6. The summed E-state index contributed by atoms with van der Waals surface area (Å²) in [6.07, 6.45) is 2.54. The fraction of sp³-hybridized carbons (Fsp3) is 0.500. The molecule has 2 N–H and O–H groups in total. The number of benzene rings is 1. The number of fused-ring (bicyclic) bond motifs is 1. The molecule has 0 amide bonds. The number of hydrogen-bond acceptors (Lipinski definition) is 3. The lowest BCUT2D eigenvalue weighted by atomic mass is 10.1. The molecule has 1 aromatic carbocycles. The van der Waals surface area contributed by atoms with E-state index in [1.807, 2.05) is 0 Å². The Hall–Kier alpha value is -0.910. The first-order valence-corrected chi connectivity index (χ1v) is 7.49. The van der Waals surface area contributed by atoms with Crippen LogP contribution in [0.15, 0.2) is 16.6 Å². The number of H-pyrrole nitrogens is 1. The van der Waals surface area contributed by atoms with E-state index < -0.39 is 0 Å². The second kappa shape index (κ2) is 5.61. The Balaban J connectivity index is 1.72. The summed E-state index contributed by atoms with van der Waals surface area (Å²) in [4.78, 5) is 7.96. The number of halogens is 1. The van der Waals surface area contributed by atoms with Crippen molar-refractivity contribution in [3.05, 3.63) is 28.0 Å². The van der Waals surface area contributed by atoms with Gasteiger partial charge in [-0.15, -0.1) is 0 Å². The number of piperidine rings is 1. The highest BCUT2D eigenvalue weighted by atomic mass is 79.9. The maximum absolute atomic E-state index is 5.92. The topological polar surface area (TPSA) is 49.9 Å². The van der Waals surface area contributed by atoms with Crippen LogP contribution in [0.5, 0.6) is 0 Å². The summed E-state index contributed by atoms with van der Waals surface area (Å²) < 4.78 is 7.00. The quantitative estimate of drug-likeness (QED) is 0.913. The number of nitrogens with zero attached hydrogens (tertiary/aromatic N) is 1. The Kier molecular flexibility index (Phi) is 3.86. The highest BCUT2D eigenvalue weighted by Crippen LogP contribution is 2.22. The van der Waals surface area contributed by atoms with Crippen molar-refractivity contribution >= 4 is 27.0 Å². The molecule has 4 nitrogen and oxygen atoms in total. The molecular weight excluding hydrogens is 306 g/mol. The monoisotopic (exact) mass is 323 g/mol. The standard InChI is InChI=1S/C14H18BrN3O/c1-9-6-10(15)7-12-14(9)18-13(17-12)8-19-11-2-4-16-5-3-11/h6-7,11,16H,2-5,8H2,1H3,(H,17,18). The SMILES string of the molecule is Cc1cc(Br)cc2[nH]c(COC3CCNCC3)nc12. The third kappa shape index (κ3) is 2.99. The average molecular weight is 324 g/mol. The van der Waals surface area contributed by atoms with Gasteiger partial charge in [-0.3, -0.25) is 0 Å². The van der Waals surface area contributed by atoms with Gasteiger partial charge in [-0.2, -0.15) is 0 Å². The van der Waals surface area contributed by atoms with Crippen LogP contribution in [0.1, 0.15) is 24.2 Å². The molecule has 102 valence electrons. The summed E-state index contributed by atoms with van der Waals surface area (Å²) in [5, 5.41) is 3.34. The Morgan fingerprint density at radius 3 is 2.95 bits per heavy atom. The number of rotatable bonds is 3. The van der Waals surface area contributed by atoms with Crippen LogP contribution >= 0.6 is 15.9 Å². The number of ether oxygens (including phenoxy) is 1. The smallest absolute Gasteiger partial charge is 0.133 e. The summed E-state index contributed by atoms with van der Waals surface area (Å²) in [5.74, 6) is 0.912. The van der Waals surface area contributed by atoms with Crippen molar-refractivity contribution < 1.29 is 4.74 Å². The lowest BCUT2D eigenvalue weighted by molar-refractivity contribution is 0.0182. The van der Waals surface area contributed by atoms with Gasteiger partial charge in [0.25, 0.3) is 0 Å². The van der Waals surface area contributed by atoms with Gasteiger partial charge >= 0.3 is 0 Å². The van der Waals surface area contributed by atoms with Crippen molar-refractivity contribution in [2.45, 2.75) is 32.5 Å². The lowest BCUT2D eigenvalue weighted by Crippen LogP contribution is -2.32. The average Bonchev–Trinajstić information content (AvgIpc) is 2.81. The minimum Gasteiger partial charge on any atom is -0.370 e. The van der Waals surface area contributed by atoms with Gasteiger partial charge in [0, 0.05) is 4.47 Å². The second-order valence-electron chi connectivity index (χ2n) is 5.06. The highest BCUT2D eigenvalue weighted by molar-refractivity contribution is 9.10. The molecule has 2 aromatic rings. The summed E-state index contributed by atoms with van der Waals surface area (Å²) in [6.45, 7) is 4.75. The van der Waals surface area contributed by atoms with Crippen LogP contribution in [-0.4, -0.2) is 29.2 Å². The number of hydrogen-bond donors (Lipinski definition) is 2. The molecular formula is C14H18BrN3O. The molecule has 0 bridgehead atoms. The Morgan fingerprint density at radius 2 is 2.16 bits per heavy atom. The van der Waals surface area contributed by atoms with Crippen LogP contribution in [0.2, 0.25) is 0 Å². The van der Waals surface area contributed by atoms with Crippen molar-refractivity contribution in [2.75, 3.05) is 13.1 Å². The van der Waals surface area contributed by atoms with Crippen molar-refractivity contribution in [3.63, 3.8) is 0 Å². The molecule has 0 saturated carbocycles. The summed E-state index contributed by atoms with van der Waals surface area (Å²) >= 11 is 3.51. The van der Waals surface area contributed by atoms with Crippen molar-refractivity contribution in [2.24, 2.45) is 0 Å². The number of nitrogens with one attached hydrogen (secondary N) is 2. The van der Waals surface area contributed by atoms with Crippen LogP contribution < -0.4 is 5.32 Å². The third-order valence-electron chi connectivity index (χ3n) is 3.53. The molecule has 0 unspecified atom stereocenters. The molecule has 1 saturated heterocycles. The molecule has 1 aliphatic rings. The molecule has 1 aromatic heterocycles. The molecule has 1 aliphatic heterocycles. The van der Waals surface area contributed by atoms with Crippen LogP contribution in [0.3, 0.4) is 0 Å². The number of aryl methyl sites for hydroxylation is 1. The van der Waals surface area contributed by atoms with E-state index in [0.717, 1.165) is 47.3 Å². The van der Waals surface area contributed by atoms with Crippen molar-refractivity contribution in [3.8, 4) is 0 Å². The summed E-state index contributed by atoms with van der Waals surface area (Å²) in [5.41, 5.74) is 3.27. The van der Waals surface area contributed by atoms with Crippen LogP contribution in [0.25, 0.3) is 11.0 Å². The number of aromatic amines is 1. The predicted molar refractivity (Wildman–Crippen MR) is 79.2 cm³/mol. The van der Waals surface area contributed by atoms with E-state index in [1.54, 1.807) is 0 Å². The molecule has 1 fully saturated rings. The van der Waals surface area contributed by atoms with Gasteiger partial charge in [-0.25, -0.2) is 4.98 Å². The maximum atomic E-state index is 5.92. The van der Waals surface area contributed by atoms with Gasteiger partial charge in [-0.05, 0) is 50.6 Å². The minimum absolute atomic E-state index is 0.363. The molecule has 0 aliphatic carbocycles. The number of aromatic nitrogens is 2. The molecule has 3 rings (SSSR count). The maximum Gasteiger partial charge on any atom is 0.133 e. The molecule has 19 heavy (non-hydrogen) atoms. The Bertz CT molecular complexity index is 575. The van der Waals surface area contributed by atoms with Gasteiger partial charge in [0.1, 0.15) is 12.4 Å². The van der Waals surface area contributed by atoms with Crippen molar-refractivity contribution in [1.82, 2.24) is 15.3 Å². The number of imidazole rings is 1. The van der Waals surface area contributed by atoms with Gasteiger partial charge in [-0.1, -0.05) is 15.9 Å². The minimum atomic E-state index is 0.363. The van der Waals surface area contributed by atoms with E-state index in [4.69, 9.17) is 4.74 Å². The largest absolute Gasteiger partial charge is 0.370 e. The third-order valence-corrected chi connectivity index (χ3v) is 3.99. The predicted octanol–water partition coefficient (Wildman–Crippen LogP) is 2.90. The molecule has 0 radical (unpaired) electrons. The molecule has 2 heterocycles. The molecule has 0 spiro atoms. The molecule has 0 atom stereocenters. The van der Waals surface area contributed by atoms with Gasteiger partial charge in [0.05, 0.1) is 17.1 Å². The zero-order valence-electron chi connectivity index (χ0n) is 11.0. The van der Waals surface area contributed by atoms with E-state index in [0.29, 0.717) is 12.7 Å². The highest BCUT2D eigenvalue weighted by Gasteiger charge is 2.14. The lowest BCUT2D eigenvalue weighted by Gasteiger charge is -2.22. The van der Waals surface area contributed by atoms with Crippen molar-refractivity contribution in [1.29, 1.82) is 0 Å². The van der Waals surface area contributed by atoms with Crippen LogP contribution in [0.4, 0.5) is 0 Å². The Labute approximate surface area is 121 Å². The molecule has 5 heteroatoms. The van der Waals surface area contributed by atoms with E-state index >= 15 is 0 Å². The van der Waals surface area contributed by atoms with Gasteiger partial charge in [0.2, 0.25) is 0 Å². The fourth-order valence-electron chi connectivity index (χ4n) is 2.52. The first-order valence-electron chi connectivity index (χ1n) is 6.69. The zero-order chi connectivity index (χ0) is 13.2.